The second kappa shape index (κ2) is 12.6. The molecule has 3 aromatic rings. The lowest BCUT2D eigenvalue weighted by atomic mass is 10.0. The van der Waals surface area contributed by atoms with E-state index in [1.54, 1.807) is 62.8 Å². The summed E-state index contributed by atoms with van der Waals surface area (Å²) in [4.78, 5) is 41.0. The fraction of sp³-hybridized carbons (Fsp3) is 0.276. The summed E-state index contributed by atoms with van der Waals surface area (Å²) >= 11 is 0. The standard InChI is InChI=1S/C29H31N3O6/c1-36-23-14-10-21(11-15-23)26(28(34)30-22-12-16-24(37-2)17-13-22)31-27(33)25-9-6-18-32(25)29(35)38-19-20-7-4-3-5-8-20/h3-5,7-8,10-17,25-26H,6,9,18-19H2,1-2H3,(H,30,34)(H,31,33)/t25-,26-/m1/s1. The van der Waals surface area contributed by atoms with Gasteiger partial charge in [-0.1, -0.05) is 42.5 Å². The zero-order valence-corrected chi connectivity index (χ0v) is 21.4. The molecule has 38 heavy (non-hydrogen) atoms. The highest BCUT2D eigenvalue weighted by Crippen LogP contribution is 2.24. The third-order valence-corrected chi connectivity index (χ3v) is 6.35. The number of likely N-dealkylation sites (tertiary alicyclic amines) is 1. The van der Waals surface area contributed by atoms with Crippen LogP contribution in [0.15, 0.2) is 78.9 Å². The smallest absolute Gasteiger partial charge is 0.410 e. The average Bonchev–Trinajstić information content (AvgIpc) is 3.46. The number of hydrogen-bond donors (Lipinski definition) is 2. The van der Waals surface area contributed by atoms with Gasteiger partial charge in [0.25, 0.3) is 5.91 Å². The van der Waals surface area contributed by atoms with Crippen LogP contribution < -0.4 is 20.1 Å². The number of nitrogens with zero attached hydrogens (tertiary/aromatic N) is 1. The van der Waals surface area contributed by atoms with Crippen molar-refractivity contribution in [2.75, 3.05) is 26.1 Å². The predicted molar refractivity (Wildman–Crippen MR) is 142 cm³/mol. The first kappa shape index (κ1) is 26.5. The van der Waals surface area contributed by atoms with E-state index in [9.17, 15) is 14.4 Å². The van der Waals surface area contributed by atoms with Crippen LogP contribution in [0.3, 0.4) is 0 Å². The van der Waals surface area contributed by atoms with Crippen molar-refractivity contribution in [3.63, 3.8) is 0 Å². The summed E-state index contributed by atoms with van der Waals surface area (Å²) in [6, 6.07) is 21.4. The van der Waals surface area contributed by atoms with Crippen LogP contribution in [0.2, 0.25) is 0 Å². The number of methoxy groups -OCH3 is 2. The second-order valence-corrected chi connectivity index (χ2v) is 8.82. The molecule has 0 spiro atoms. The molecule has 4 rings (SSSR count). The molecule has 3 aromatic carbocycles. The summed E-state index contributed by atoms with van der Waals surface area (Å²) in [5.74, 6) is 0.427. The zero-order valence-electron chi connectivity index (χ0n) is 21.4. The van der Waals surface area contributed by atoms with E-state index >= 15 is 0 Å². The van der Waals surface area contributed by atoms with Crippen molar-refractivity contribution in [3.05, 3.63) is 90.0 Å². The maximum Gasteiger partial charge on any atom is 0.410 e. The fourth-order valence-corrected chi connectivity index (χ4v) is 4.28. The second-order valence-electron chi connectivity index (χ2n) is 8.82. The molecule has 0 aromatic heterocycles. The van der Waals surface area contributed by atoms with Crippen molar-refractivity contribution in [2.45, 2.75) is 31.5 Å². The minimum absolute atomic E-state index is 0.114. The number of benzene rings is 3. The van der Waals surface area contributed by atoms with Gasteiger partial charge in [-0.2, -0.15) is 0 Å². The summed E-state index contributed by atoms with van der Waals surface area (Å²) in [5.41, 5.74) is 1.98. The van der Waals surface area contributed by atoms with Crippen LogP contribution in [0, 0.1) is 0 Å². The quantitative estimate of drug-likeness (QED) is 0.438. The lowest BCUT2D eigenvalue weighted by Crippen LogP contribution is -2.48. The maximum absolute atomic E-state index is 13.4. The summed E-state index contributed by atoms with van der Waals surface area (Å²) in [6.45, 7) is 0.514. The molecule has 1 saturated heterocycles. The molecule has 3 amide bonds. The van der Waals surface area contributed by atoms with Crippen molar-refractivity contribution >= 4 is 23.6 Å². The van der Waals surface area contributed by atoms with Gasteiger partial charge >= 0.3 is 6.09 Å². The lowest BCUT2D eigenvalue weighted by molar-refractivity contribution is -0.129. The van der Waals surface area contributed by atoms with Gasteiger partial charge in [0.2, 0.25) is 5.91 Å². The Morgan fingerprint density at radius 2 is 1.53 bits per heavy atom. The predicted octanol–water partition coefficient (Wildman–Crippen LogP) is 4.30. The molecule has 0 bridgehead atoms. The third-order valence-electron chi connectivity index (χ3n) is 6.35. The molecule has 1 heterocycles. The molecular weight excluding hydrogens is 486 g/mol. The first-order valence-corrected chi connectivity index (χ1v) is 12.3. The Hall–Kier alpha value is -4.53. The summed E-state index contributed by atoms with van der Waals surface area (Å²) in [7, 11) is 3.11. The molecular formula is C29H31N3O6. The summed E-state index contributed by atoms with van der Waals surface area (Å²) in [6.07, 6.45) is 0.570. The number of rotatable bonds is 9. The Morgan fingerprint density at radius 1 is 0.895 bits per heavy atom. The molecule has 0 radical (unpaired) electrons. The first-order chi connectivity index (χ1) is 18.5. The van der Waals surface area contributed by atoms with E-state index in [-0.39, 0.29) is 6.61 Å². The van der Waals surface area contributed by atoms with E-state index < -0.39 is 30.0 Å². The summed E-state index contributed by atoms with van der Waals surface area (Å²) in [5, 5.41) is 5.69. The van der Waals surface area contributed by atoms with Crippen LogP contribution in [0.1, 0.15) is 30.0 Å². The largest absolute Gasteiger partial charge is 0.497 e. The number of ether oxygens (including phenoxy) is 3. The highest BCUT2D eigenvalue weighted by molar-refractivity contribution is 5.99. The molecule has 9 nitrogen and oxygen atoms in total. The van der Waals surface area contributed by atoms with Gasteiger partial charge in [-0.3, -0.25) is 14.5 Å². The van der Waals surface area contributed by atoms with E-state index in [1.165, 1.54) is 4.90 Å². The minimum atomic E-state index is -1.00. The van der Waals surface area contributed by atoms with Gasteiger partial charge in [0.1, 0.15) is 30.2 Å². The third kappa shape index (κ3) is 6.61. The van der Waals surface area contributed by atoms with Gasteiger partial charge in [-0.25, -0.2) is 4.79 Å². The van der Waals surface area contributed by atoms with E-state index in [1.807, 2.05) is 30.3 Å². The highest BCUT2D eigenvalue weighted by Gasteiger charge is 2.37. The molecule has 2 atom stereocenters. The van der Waals surface area contributed by atoms with Gasteiger partial charge in [-0.05, 0) is 60.4 Å². The van der Waals surface area contributed by atoms with E-state index in [4.69, 9.17) is 14.2 Å². The number of carbonyl (C=O) groups excluding carboxylic acids is 3. The molecule has 2 N–H and O–H groups in total. The summed E-state index contributed by atoms with van der Waals surface area (Å²) < 4.78 is 15.9. The van der Waals surface area contributed by atoms with Crippen molar-refractivity contribution in [1.29, 1.82) is 0 Å². The van der Waals surface area contributed by atoms with Crippen molar-refractivity contribution in [2.24, 2.45) is 0 Å². The Balaban J connectivity index is 1.47. The molecule has 0 unspecified atom stereocenters. The first-order valence-electron chi connectivity index (χ1n) is 12.3. The van der Waals surface area contributed by atoms with Crippen LogP contribution in [0.4, 0.5) is 10.5 Å². The van der Waals surface area contributed by atoms with Gasteiger partial charge in [0.15, 0.2) is 0 Å². The molecule has 1 fully saturated rings. The highest BCUT2D eigenvalue weighted by atomic mass is 16.6. The van der Waals surface area contributed by atoms with Crippen LogP contribution in [0.5, 0.6) is 11.5 Å². The van der Waals surface area contributed by atoms with Crippen LogP contribution >= 0.6 is 0 Å². The SMILES string of the molecule is COc1ccc(NC(=O)[C@H](NC(=O)[C@H]2CCCN2C(=O)OCc2ccccc2)c2ccc(OC)cc2)cc1. The van der Waals surface area contributed by atoms with Crippen molar-refractivity contribution in [3.8, 4) is 11.5 Å². The monoisotopic (exact) mass is 517 g/mol. The van der Waals surface area contributed by atoms with Crippen LogP contribution in [-0.2, 0) is 20.9 Å². The van der Waals surface area contributed by atoms with Gasteiger partial charge < -0.3 is 24.8 Å². The number of hydrogen-bond acceptors (Lipinski definition) is 6. The molecule has 1 aliphatic heterocycles. The van der Waals surface area contributed by atoms with Gasteiger partial charge in [0, 0.05) is 12.2 Å². The van der Waals surface area contributed by atoms with Gasteiger partial charge in [-0.15, -0.1) is 0 Å². The Kier molecular flexibility index (Phi) is 8.81. The molecule has 9 heteroatoms. The maximum atomic E-state index is 13.4. The van der Waals surface area contributed by atoms with Gasteiger partial charge in [0.05, 0.1) is 14.2 Å². The van der Waals surface area contributed by atoms with E-state index in [0.29, 0.717) is 42.1 Å². The Bertz CT molecular complexity index is 1230. The Morgan fingerprint density at radius 3 is 2.16 bits per heavy atom. The Labute approximate surface area is 221 Å². The average molecular weight is 518 g/mol. The van der Waals surface area contributed by atoms with E-state index in [0.717, 1.165) is 5.56 Å². The number of anilines is 1. The topological polar surface area (TPSA) is 106 Å². The number of nitrogens with one attached hydrogen (secondary N) is 2. The molecule has 198 valence electrons. The number of carbonyl (C=O) groups is 3. The fourth-order valence-electron chi connectivity index (χ4n) is 4.28. The van der Waals surface area contributed by atoms with Crippen molar-refractivity contribution < 1.29 is 28.6 Å². The van der Waals surface area contributed by atoms with Crippen molar-refractivity contribution in [1.82, 2.24) is 10.2 Å². The van der Waals surface area contributed by atoms with Crippen LogP contribution in [-0.4, -0.2) is 49.6 Å². The zero-order chi connectivity index (χ0) is 26.9. The molecule has 0 aliphatic carbocycles. The molecule has 1 aliphatic rings. The van der Waals surface area contributed by atoms with E-state index in [2.05, 4.69) is 10.6 Å². The minimum Gasteiger partial charge on any atom is -0.497 e. The normalized spacial score (nSPS) is 15.3. The molecule has 0 saturated carbocycles. The number of amides is 3. The van der Waals surface area contributed by atoms with Crippen LogP contribution in [0.25, 0.3) is 0 Å². The lowest BCUT2D eigenvalue weighted by Gasteiger charge is -2.26.